The van der Waals surface area contributed by atoms with E-state index in [2.05, 4.69) is 96.1 Å². The molecule has 3 aromatic heterocycles. The second-order valence-electron chi connectivity index (χ2n) is 12.4. The van der Waals surface area contributed by atoms with Gasteiger partial charge in [0.2, 0.25) is 0 Å². The molecular weight excluding hydrogens is 669 g/mol. The molecule has 6 aromatic rings. The van der Waals surface area contributed by atoms with E-state index in [-0.39, 0.29) is 31.9 Å². The summed E-state index contributed by atoms with van der Waals surface area (Å²) < 4.78 is 0. The molecule has 4 heteroatoms. The minimum atomic E-state index is -0.0389. The predicted octanol–water partition coefficient (Wildman–Crippen LogP) is 9.13. The predicted molar refractivity (Wildman–Crippen MR) is 163 cm³/mol. The van der Waals surface area contributed by atoms with Crippen molar-refractivity contribution in [3.05, 3.63) is 108 Å². The van der Waals surface area contributed by atoms with Gasteiger partial charge in [-0.25, -0.2) is 0 Å². The summed E-state index contributed by atoms with van der Waals surface area (Å²) in [6, 6.07) is 32.8. The van der Waals surface area contributed by atoms with Crippen LogP contribution in [0.1, 0.15) is 52.7 Å². The molecule has 0 fully saturated rings. The van der Waals surface area contributed by atoms with Gasteiger partial charge >= 0.3 is 21.1 Å². The van der Waals surface area contributed by atoms with Crippen LogP contribution in [0.4, 0.5) is 0 Å². The van der Waals surface area contributed by atoms with Gasteiger partial charge in [0.25, 0.3) is 0 Å². The van der Waals surface area contributed by atoms with Crippen molar-refractivity contribution in [3.8, 4) is 33.8 Å². The molecule has 0 atom stereocenters. The van der Waals surface area contributed by atoms with Gasteiger partial charge in [-0.3, -0.25) is 9.97 Å². The van der Waals surface area contributed by atoms with Gasteiger partial charge in [0.15, 0.2) is 0 Å². The average Bonchev–Trinajstić information content (AvgIpc) is 3.31. The van der Waals surface area contributed by atoms with Crippen LogP contribution in [0.2, 0.25) is 0 Å². The molecule has 0 aliphatic heterocycles. The van der Waals surface area contributed by atoms with Gasteiger partial charge in [0, 0.05) is 6.20 Å². The molecule has 0 saturated carbocycles. The van der Waals surface area contributed by atoms with E-state index in [1.165, 1.54) is 11.1 Å². The van der Waals surface area contributed by atoms with Gasteiger partial charge in [-0.2, -0.15) is 0 Å². The maximum atomic E-state index is 5.33. The molecule has 0 unspecified atom stereocenters. The minimum absolute atomic E-state index is 0. The Morgan fingerprint density at radius 2 is 1.20 bits per heavy atom. The summed E-state index contributed by atoms with van der Waals surface area (Å²) in [4.78, 5) is 15.2. The fourth-order valence-electron chi connectivity index (χ4n) is 5.10. The summed E-state index contributed by atoms with van der Waals surface area (Å²) in [6.45, 7) is 13.6. The van der Waals surface area contributed by atoms with Gasteiger partial charge in [-0.1, -0.05) is 84.0 Å². The smallest absolute Gasteiger partial charge is 0.656 e. The van der Waals surface area contributed by atoms with E-state index in [4.69, 9.17) is 15.0 Å². The third kappa shape index (κ3) is 5.16. The number of fused-ring (bicyclic) bond motifs is 3. The molecule has 202 valence electrons. The Hall–Kier alpha value is -3.55. The normalized spacial score (nSPS) is 12.1. The maximum Gasteiger partial charge on any atom is 2.00 e. The Balaban J connectivity index is 0.00000323. The van der Waals surface area contributed by atoms with Crippen molar-refractivity contribution in [1.29, 1.82) is 0 Å². The molecule has 0 radical (unpaired) electrons. The second-order valence-corrected chi connectivity index (χ2v) is 12.4. The first-order valence-electron chi connectivity index (χ1n) is 13.5. The second kappa shape index (κ2) is 10.4. The molecule has 3 heterocycles. The Labute approximate surface area is 251 Å². The van der Waals surface area contributed by atoms with E-state index < -0.39 is 0 Å². The first kappa shape index (κ1) is 28.0. The van der Waals surface area contributed by atoms with Crippen molar-refractivity contribution < 1.29 is 21.1 Å². The van der Waals surface area contributed by atoms with E-state index in [0.29, 0.717) is 0 Å². The average molecular weight is 703 g/mol. The number of benzene rings is 3. The number of aromatic nitrogens is 3. The molecule has 0 spiro atoms. The van der Waals surface area contributed by atoms with E-state index in [0.717, 1.165) is 55.6 Å². The molecule has 3 nitrogen and oxygen atoms in total. The number of hydrogen-bond donors (Lipinski definition) is 0. The zero-order valence-corrected chi connectivity index (χ0v) is 26.1. The number of hydrogen-bond acceptors (Lipinski definition) is 2. The molecule has 0 aliphatic rings. The van der Waals surface area contributed by atoms with Gasteiger partial charge in [-0.15, -0.1) is 46.9 Å². The van der Waals surface area contributed by atoms with Gasteiger partial charge < -0.3 is 4.98 Å². The van der Waals surface area contributed by atoms with Crippen LogP contribution in [0, 0.1) is 6.07 Å². The van der Waals surface area contributed by atoms with Crippen molar-refractivity contribution in [3.63, 3.8) is 0 Å². The molecule has 6 rings (SSSR count). The molecule has 0 saturated heterocycles. The molecule has 0 aliphatic carbocycles. The van der Waals surface area contributed by atoms with Crippen molar-refractivity contribution in [2.24, 2.45) is 0 Å². The summed E-state index contributed by atoms with van der Waals surface area (Å²) in [5.74, 6) is 0. The van der Waals surface area contributed by atoms with Crippen LogP contribution in [-0.4, -0.2) is 9.97 Å². The van der Waals surface area contributed by atoms with Crippen LogP contribution < -0.4 is 4.98 Å². The van der Waals surface area contributed by atoms with Gasteiger partial charge in [0.05, 0.1) is 11.4 Å². The van der Waals surface area contributed by atoms with Crippen molar-refractivity contribution in [2.45, 2.75) is 52.4 Å². The van der Waals surface area contributed by atoms with Gasteiger partial charge in [0.1, 0.15) is 0 Å². The van der Waals surface area contributed by atoms with Crippen LogP contribution in [-0.2, 0) is 31.9 Å². The summed E-state index contributed by atoms with van der Waals surface area (Å²) >= 11 is 0. The van der Waals surface area contributed by atoms with E-state index in [1.54, 1.807) is 0 Å². The van der Waals surface area contributed by atoms with Crippen LogP contribution in [0.25, 0.3) is 55.6 Å². The van der Waals surface area contributed by atoms with Crippen LogP contribution in [0.15, 0.2) is 91.1 Å². The zero-order valence-electron chi connectivity index (χ0n) is 23.8. The molecule has 40 heavy (non-hydrogen) atoms. The Kier molecular flexibility index (Phi) is 7.31. The fourth-order valence-corrected chi connectivity index (χ4v) is 5.10. The Morgan fingerprint density at radius 3 is 1.75 bits per heavy atom. The number of nitrogens with zero attached hydrogens (tertiary/aromatic N) is 3. The van der Waals surface area contributed by atoms with Crippen LogP contribution >= 0.6 is 0 Å². The molecule has 0 bridgehead atoms. The first-order valence-corrected chi connectivity index (χ1v) is 13.5. The SMILES string of the molecule is CC(C)(C)c1cc(-c2ccccn2)c2[n-]c3c(-c4cccc(-c5[c-]cccc5)n4)cc(C(C)(C)C)cc3c2c1.[Pt+2]. The molecule has 0 N–H and O–H groups in total. The van der Waals surface area contributed by atoms with E-state index in [1.807, 2.05) is 42.6 Å². The number of rotatable bonds is 3. The van der Waals surface area contributed by atoms with Crippen LogP contribution in [0.3, 0.4) is 0 Å². The number of pyridine rings is 2. The first-order chi connectivity index (χ1) is 18.6. The van der Waals surface area contributed by atoms with Crippen molar-refractivity contribution in [2.75, 3.05) is 0 Å². The van der Waals surface area contributed by atoms with Crippen molar-refractivity contribution >= 4 is 21.8 Å². The Morgan fingerprint density at radius 1 is 0.625 bits per heavy atom. The third-order valence-electron chi connectivity index (χ3n) is 7.42. The summed E-state index contributed by atoms with van der Waals surface area (Å²) in [6.07, 6.45) is 1.85. The molecular formula is C36H33N3Pt. The third-order valence-corrected chi connectivity index (χ3v) is 7.42. The standard InChI is InChI=1S/C36H33N3.Pt/c1-35(2,3)24-19-26-27-20-25(36(4,5)6)22-29(32-17-12-16-30(38-32)23-13-8-7-9-14-23)34(27)39-33(26)28(21-24)31-15-10-11-18-37-31;/h7-13,15-22H,1-6H3;/q-2;+2. The quantitative estimate of drug-likeness (QED) is 0.173. The van der Waals surface area contributed by atoms with Crippen molar-refractivity contribution in [1.82, 2.24) is 15.0 Å². The molecule has 0 amide bonds. The van der Waals surface area contributed by atoms with E-state index in [9.17, 15) is 0 Å². The topological polar surface area (TPSA) is 39.9 Å². The maximum absolute atomic E-state index is 5.33. The minimum Gasteiger partial charge on any atom is -0.656 e. The zero-order chi connectivity index (χ0) is 27.4. The Bertz CT molecular complexity index is 1810. The molecule has 3 aromatic carbocycles. The summed E-state index contributed by atoms with van der Waals surface area (Å²) in [5, 5.41) is 2.33. The summed E-state index contributed by atoms with van der Waals surface area (Å²) in [7, 11) is 0. The van der Waals surface area contributed by atoms with Gasteiger partial charge in [-0.05, 0) is 67.7 Å². The largest absolute Gasteiger partial charge is 2.00 e. The van der Waals surface area contributed by atoms with Crippen LogP contribution in [0.5, 0.6) is 0 Å². The summed E-state index contributed by atoms with van der Waals surface area (Å²) in [5.41, 5.74) is 10.3. The van der Waals surface area contributed by atoms with E-state index >= 15 is 0 Å². The fraction of sp³-hybridized carbons (Fsp3) is 0.222. The monoisotopic (exact) mass is 702 g/mol.